The molecule has 0 aromatic heterocycles. The summed E-state index contributed by atoms with van der Waals surface area (Å²) in [6.45, 7) is 8.38. The fourth-order valence-electron chi connectivity index (χ4n) is 0.448. The quantitative estimate of drug-likeness (QED) is 0.420. The van der Waals surface area contributed by atoms with Crippen molar-refractivity contribution in [3.63, 3.8) is 0 Å². The highest BCUT2D eigenvalue weighted by molar-refractivity contribution is 4.92. The zero-order valence-corrected chi connectivity index (χ0v) is 5.06. The summed E-state index contributed by atoms with van der Waals surface area (Å²) in [4.78, 5) is 0. The van der Waals surface area contributed by atoms with Gasteiger partial charge in [-0.05, 0) is 5.41 Å². The van der Waals surface area contributed by atoms with Crippen molar-refractivity contribution in [1.82, 2.24) is 0 Å². The lowest BCUT2D eigenvalue weighted by atomic mass is 9.93. The van der Waals surface area contributed by atoms with Gasteiger partial charge in [0, 0.05) is 0 Å². The molecule has 1 heterocycles. The lowest BCUT2D eigenvalue weighted by molar-refractivity contribution is 0.268. The van der Waals surface area contributed by atoms with E-state index in [4.69, 9.17) is 4.74 Å². The van der Waals surface area contributed by atoms with Gasteiger partial charge in [-0.15, -0.1) is 0 Å². The van der Waals surface area contributed by atoms with Gasteiger partial charge in [0.25, 0.3) is 0 Å². The third-order valence-electron chi connectivity index (χ3n) is 1.13. The molecule has 0 saturated carbocycles. The maximum absolute atomic E-state index is 4.95. The summed E-state index contributed by atoms with van der Waals surface area (Å²) < 4.78 is 4.95. The van der Waals surface area contributed by atoms with Crippen molar-refractivity contribution < 1.29 is 4.74 Å². The Bertz CT molecular complexity index is 66.7. The molecule has 0 N–H and O–H groups in total. The third-order valence-corrected chi connectivity index (χ3v) is 1.13. The second-order valence-electron chi connectivity index (χ2n) is 3.06. The van der Waals surface area contributed by atoms with Gasteiger partial charge in [-0.25, -0.2) is 0 Å². The summed E-state index contributed by atoms with van der Waals surface area (Å²) in [7, 11) is 0. The predicted octanol–water partition coefficient (Wildman–Crippen LogP) is 1.59. The molecule has 1 aliphatic heterocycles. The van der Waals surface area contributed by atoms with Gasteiger partial charge in [-0.2, -0.15) is 0 Å². The second-order valence-corrected chi connectivity index (χ2v) is 3.06. The van der Waals surface area contributed by atoms with Crippen LogP contribution < -0.4 is 0 Å². The first-order valence-electron chi connectivity index (χ1n) is 2.59. The standard InChI is InChI=1S/C6H11O/c1-6(2,3)5-4-7-5/h4-5H,1-3H3. The molecule has 0 aliphatic carbocycles. The van der Waals surface area contributed by atoms with Gasteiger partial charge in [0.2, 0.25) is 0 Å². The van der Waals surface area contributed by atoms with Crippen LogP contribution in [0.4, 0.5) is 0 Å². The summed E-state index contributed by atoms with van der Waals surface area (Å²) in [5, 5.41) is 0. The van der Waals surface area contributed by atoms with Crippen molar-refractivity contribution in [3.8, 4) is 0 Å². The first kappa shape index (κ1) is 5.10. The van der Waals surface area contributed by atoms with E-state index >= 15 is 0 Å². The Hall–Kier alpha value is -0.0400. The third kappa shape index (κ3) is 1.16. The summed E-state index contributed by atoms with van der Waals surface area (Å²) in [5.74, 6) is 0. The summed E-state index contributed by atoms with van der Waals surface area (Å²) in [6, 6.07) is 0. The van der Waals surface area contributed by atoms with Crippen LogP contribution >= 0.6 is 0 Å². The molecule has 1 rings (SSSR count). The van der Waals surface area contributed by atoms with E-state index in [2.05, 4.69) is 20.8 Å². The summed E-state index contributed by atoms with van der Waals surface area (Å²) >= 11 is 0. The molecule has 41 valence electrons. The van der Waals surface area contributed by atoms with Crippen molar-refractivity contribution >= 4 is 0 Å². The molecule has 1 saturated heterocycles. The Labute approximate surface area is 44.7 Å². The Morgan fingerprint density at radius 3 is 1.86 bits per heavy atom. The van der Waals surface area contributed by atoms with E-state index in [9.17, 15) is 0 Å². The Kier molecular flexibility index (Phi) is 0.890. The summed E-state index contributed by atoms with van der Waals surface area (Å²) in [6.07, 6.45) is 0.424. The number of hydrogen-bond acceptors (Lipinski definition) is 1. The average molecular weight is 99.2 g/mol. The number of rotatable bonds is 0. The molecular weight excluding hydrogens is 88.1 g/mol. The molecule has 1 radical (unpaired) electrons. The fourth-order valence-corrected chi connectivity index (χ4v) is 0.448. The van der Waals surface area contributed by atoms with Crippen LogP contribution in [0.15, 0.2) is 0 Å². The highest BCUT2D eigenvalue weighted by Crippen LogP contribution is 2.34. The fraction of sp³-hybridized carbons (Fsp3) is 0.833. The van der Waals surface area contributed by atoms with Crippen LogP contribution in [-0.4, -0.2) is 6.10 Å². The van der Waals surface area contributed by atoms with Crippen molar-refractivity contribution in [2.45, 2.75) is 26.9 Å². The molecule has 0 aromatic rings. The van der Waals surface area contributed by atoms with E-state index in [1.54, 1.807) is 0 Å². The average Bonchev–Trinajstić information content (AvgIpc) is 1.99. The van der Waals surface area contributed by atoms with Crippen LogP contribution in [0.1, 0.15) is 20.8 Å². The topological polar surface area (TPSA) is 12.5 Å². The molecule has 1 atom stereocenters. The molecular formula is C6H11O. The van der Waals surface area contributed by atoms with Gasteiger partial charge >= 0.3 is 0 Å². The highest BCUT2D eigenvalue weighted by Gasteiger charge is 2.36. The smallest absolute Gasteiger partial charge is 0.113 e. The van der Waals surface area contributed by atoms with Crippen molar-refractivity contribution in [1.29, 1.82) is 0 Å². The molecule has 1 unspecified atom stereocenters. The van der Waals surface area contributed by atoms with E-state index in [1.165, 1.54) is 0 Å². The van der Waals surface area contributed by atoms with E-state index in [1.807, 2.05) is 6.61 Å². The van der Waals surface area contributed by atoms with E-state index in [0.717, 1.165) is 0 Å². The van der Waals surface area contributed by atoms with E-state index < -0.39 is 0 Å². The van der Waals surface area contributed by atoms with Crippen LogP contribution in [0.5, 0.6) is 0 Å². The van der Waals surface area contributed by atoms with E-state index in [-0.39, 0.29) is 0 Å². The minimum atomic E-state index is 0.333. The van der Waals surface area contributed by atoms with Gasteiger partial charge in [0.15, 0.2) is 0 Å². The molecule has 0 bridgehead atoms. The Morgan fingerprint density at radius 1 is 1.43 bits per heavy atom. The molecule has 0 aromatic carbocycles. The van der Waals surface area contributed by atoms with Crippen LogP contribution in [0.3, 0.4) is 0 Å². The van der Waals surface area contributed by atoms with Gasteiger partial charge in [-0.3, -0.25) is 0 Å². The lowest BCUT2D eigenvalue weighted by Crippen LogP contribution is -2.11. The highest BCUT2D eigenvalue weighted by atomic mass is 16.6. The normalized spacial score (nSPS) is 30.4. The molecule has 1 nitrogen and oxygen atoms in total. The molecule has 7 heavy (non-hydrogen) atoms. The molecule has 1 heteroatoms. The first-order valence-corrected chi connectivity index (χ1v) is 2.59. The van der Waals surface area contributed by atoms with Crippen molar-refractivity contribution in [3.05, 3.63) is 6.61 Å². The Balaban J connectivity index is 2.36. The maximum Gasteiger partial charge on any atom is 0.113 e. The minimum absolute atomic E-state index is 0.333. The maximum atomic E-state index is 4.95. The summed E-state index contributed by atoms with van der Waals surface area (Å²) in [5.41, 5.74) is 0.333. The van der Waals surface area contributed by atoms with Gasteiger partial charge in [0.05, 0.1) is 6.10 Å². The number of hydrogen-bond donors (Lipinski definition) is 0. The van der Waals surface area contributed by atoms with Crippen LogP contribution in [-0.2, 0) is 4.74 Å². The number of epoxide rings is 1. The largest absolute Gasteiger partial charge is 0.366 e. The van der Waals surface area contributed by atoms with Gasteiger partial charge in [0.1, 0.15) is 6.61 Å². The van der Waals surface area contributed by atoms with Crippen molar-refractivity contribution in [2.75, 3.05) is 0 Å². The zero-order valence-electron chi connectivity index (χ0n) is 5.06. The molecule has 0 spiro atoms. The monoisotopic (exact) mass is 99.1 g/mol. The van der Waals surface area contributed by atoms with Gasteiger partial charge < -0.3 is 4.74 Å². The minimum Gasteiger partial charge on any atom is -0.366 e. The zero-order chi connectivity index (χ0) is 5.49. The van der Waals surface area contributed by atoms with Crippen LogP contribution in [0, 0.1) is 12.0 Å². The van der Waals surface area contributed by atoms with Crippen molar-refractivity contribution in [2.24, 2.45) is 5.41 Å². The molecule has 1 aliphatic rings. The van der Waals surface area contributed by atoms with Crippen LogP contribution in [0.25, 0.3) is 0 Å². The Morgan fingerprint density at radius 2 is 1.86 bits per heavy atom. The second kappa shape index (κ2) is 1.22. The lowest BCUT2D eigenvalue weighted by Gasteiger charge is -2.12. The predicted molar refractivity (Wildman–Crippen MR) is 28.6 cm³/mol. The number of ether oxygens (including phenoxy) is 1. The first-order chi connectivity index (χ1) is 3.11. The van der Waals surface area contributed by atoms with Crippen LogP contribution in [0.2, 0.25) is 0 Å². The SMILES string of the molecule is CC(C)(C)C1[CH]O1. The molecule has 1 fully saturated rings. The molecule has 0 amide bonds. The van der Waals surface area contributed by atoms with E-state index in [0.29, 0.717) is 11.5 Å². The van der Waals surface area contributed by atoms with Gasteiger partial charge in [-0.1, -0.05) is 20.8 Å².